The van der Waals surface area contributed by atoms with Gasteiger partial charge in [-0.05, 0) is 64.1 Å². The normalized spacial score (nSPS) is 16.2. The van der Waals surface area contributed by atoms with Gasteiger partial charge in [0.1, 0.15) is 27.9 Å². The minimum atomic E-state index is -4.41. The number of aromatic nitrogens is 2. The van der Waals surface area contributed by atoms with Crippen molar-refractivity contribution in [1.82, 2.24) is 9.97 Å². The number of rotatable bonds is 6. The van der Waals surface area contributed by atoms with Crippen molar-refractivity contribution in [2.75, 3.05) is 30.0 Å². The molecule has 1 atom stereocenters. The average Bonchev–Trinajstić information content (AvgIpc) is 2.83. The molecule has 0 bridgehead atoms. The SMILES string of the molecule is C[C@H]1COCCN1c1cc(CS(=O)(=O)c2c(F)cccc2F)nc(-c2ccc(NC(=O)OC(C)(C)C)cc2)n1. The van der Waals surface area contributed by atoms with Gasteiger partial charge in [-0.2, -0.15) is 0 Å². The molecule has 0 unspecified atom stereocenters. The minimum Gasteiger partial charge on any atom is -0.444 e. The number of hydrogen-bond acceptors (Lipinski definition) is 8. The van der Waals surface area contributed by atoms with Gasteiger partial charge in [-0.15, -0.1) is 0 Å². The lowest BCUT2D eigenvalue weighted by atomic mass is 10.2. The predicted molar refractivity (Wildman–Crippen MR) is 142 cm³/mol. The molecule has 3 aromatic rings. The molecule has 1 aromatic heterocycles. The maximum atomic E-state index is 14.3. The molecule has 2 aromatic carbocycles. The summed E-state index contributed by atoms with van der Waals surface area (Å²) in [6, 6.07) is 11.0. The van der Waals surface area contributed by atoms with Gasteiger partial charge in [-0.1, -0.05) is 6.07 Å². The Balaban J connectivity index is 1.69. The van der Waals surface area contributed by atoms with Crippen molar-refractivity contribution in [3.8, 4) is 11.4 Å². The van der Waals surface area contributed by atoms with E-state index in [0.717, 1.165) is 18.2 Å². The van der Waals surface area contributed by atoms with Crippen LogP contribution < -0.4 is 10.2 Å². The number of nitrogens with zero attached hydrogens (tertiary/aromatic N) is 3. The summed E-state index contributed by atoms with van der Waals surface area (Å²) in [7, 11) is -4.41. The molecule has 4 rings (SSSR count). The lowest BCUT2D eigenvalue weighted by molar-refractivity contribution is 0.0636. The van der Waals surface area contributed by atoms with Crippen LogP contribution in [0.3, 0.4) is 0 Å². The summed E-state index contributed by atoms with van der Waals surface area (Å²) in [5.74, 6) is -2.39. The van der Waals surface area contributed by atoms with Crippen molar-refractivity contribution in [2.45, 2.75) is 50.0 Å². The number of anilines is 2. The number of morpholine rings is 1. The van der Waals surface area contributed by atoms with Gasteiger partial charge in [0.15, 0.2) is 15.7 Å². The number of halogens is 2. The van der Waals surface area contributed by atoms with Gasteiger partial charge >= 0.3 is 6.09 Å². The van der Waals surface area contributed by atoms with Crippen LogP contribution in [0.5, 0.6) is 0 Å². The van der Waals surface area contributed by atoms with Crippen LogP contribution in [0.4, 0.5) is 25.1 Å². The van der Waals surface area contributed by atoms with Crippen LogP contribution in [-0.4, -0.2) is 55.9 Å². The first-order valence-electron chi connectivity index (χ1n) is 12.3. The van der Waals surface area contributed by atoms with Crippen molar-refractivity contribution in [1.29, 1.82) is 0 Å². The van der Waals surface area contributed by atoms with Crippen molar-refractivity contribution in [3.05, 3.63) is 65.9 Å². The number of hydrogen-bond donors (Lipinski definition) is 1. The van der Waals surface area contributed by atoms with Crippen LogP contribution in [0.2, 0.25) is 0 Å². The molecule has 12 heteroatoms. The van der Waals surface area contributed by atoms with Gasteiger partial charge in [0.25, 0.3) is 0 Å². The number of carbonyl (C=O) groups is 1. The topological polar surface area (TPSA) is 111 Å². The van der Waals surface area contributed by atoms with E-state index in [0.29, 0.717) is 36.8 Å². The third-order valence-electron chi connectivity index (χ3n) is 5.78. The number of benzene rings is 2. The Bertz CT molecular complexity index is 1440. The Morgan fingerprint density at radius 2 is 1.79 bits per heavy atom. The number of carbonyl (C=O) groups excluding carboxylic acids is 1. The summed E-state index contributed by atoms with van der Waals surface area (Å²) in [6.45, 7) is 8.66. The highest BCUT2D eigenvalue weighted by molar-refractivity contribution is 7.90. The van der Waals surface area contributed by atoms with E-state index >= 15 is 0 Å². The number of ether oxygens (including phenoxy) is 2. The van der Waals surface area contributed by atoms with Crippen LogP contribution in [0.1, 0.15) is 33.4 Å². The second-order valence-electron chi connectivity index (χ2n) is 10.2. The smallest absolute Gasteiger partial charge is 0.412 e. The lowest BCUT2D eigenvalue weighted by Crippen LogP contribution is -2.44. The molecule has 0 aliphatic carbocycles. The molecule has 0 spiro atoms. The molecule has 9 nitrogen and oxygen atoms in total. The van der Waals surface area contributed by atoms with Crippen LogP contribution in [0.25, 0.3) is 11.4 Å². The van der Waals surface area contributed by atoms with Gasteiger partial charge < -0.3 is 14.4 Å². The van der Waals surface area contributed by atoms with Gasteiger partial charge in [0, 0.05) is 23.9 Å². The Morgan fingerprint density at radius 3 is 2.41 bits per heavy atom. The molecule has 1 fully saturated rings. The Labute approximate surface area is 226 Å². The van der Waals surface area contributed by atoms with E-state index in [1.54, 1.807) is 45.0 Å². The Hall–Kier alpha value is -3.64. The molecule has 1 aliphatic heterocycles. The molecular formula is C27H30F2N4O5S. The number of sulfone groups is 1. The van der Waals surface area contributed by atoms with Gasteiger partial charge in [-0.25, -0.2) is 32.0 Å². The van der Waals surface area contributed by atoms with Crippen molar-refractivity contribution >= 4 is 27.4 Å². The van der Waals surface area contributed by atoms with Crippen molar-refractivity contribution in [3.63, 3.8) is 0 Å². The molecule has 0 radical (unpaired) electrons. The molecule has 1 aliphatic rings. The predicted octanol–water partition coefficient (Wildman–Crippen LogP) is 4.97. The summed E-state index contributed by atoms with van der Waals surface area (Å²) in [5, 5.41) is 2.64. The zero-order valence-electron chi connectivity index (χ0n) is 22.1. The highest BCUT2D eigenvalue weighted by Gasteiger charge is 2.27. The largest absolute Gasteiger partial charge is 0.444 e. The standard InChI is InChI=1S/C27H30F2N4O5S/c1-17-15-37-13-12-33(17)23-14-20(16-39(35,36)24-21(28)6-5-7-22(24)29)30-25(32-23)18-8-10-19(11-9-18)31-26(34)38-27(2,3)4/h5-11,14,17H,12-13,15-16H2,1-4H3,(H,31,34)/t17-/m0/s1. The van der Waals surface area contributed by atoms with Gasteiger partial charge in [0.05, 0.1) is 30.7 Å². The second kappa shape index (κ2) is 11.2. The van der Waals surface area contributed by atoms with E-state index < -0.39 is 43.8 Å². The molecular weight excluding hydrogens is 530 g/mol. The van der Waals surface area contributed by atoms with Crippen LogP contribution in [0, 0.1) is 11.6 Å². The Morgan fingerprint density at radius 1 is 1.13 bits per heavy atom. The highest BCUT2D eigenvalue weighted by atomic mass is 32.2. The van der Waals surface area contributed by atoms with Crippen LogP contribution in [-0.2, 0) is 25.1 Å². The van der Waals surface area contributed by atoms with E-state index in [1.165, 1.54) is 6.07 Å². The molecule has 39 heavy (non-hydrogen) atoms. The third kappa shape index (κ3) is 7.07. The van der Waals surface area contributed by atoms with E-state index in [2.05, 4.69) is 15.3 Å². The first-order valence-corrected chi connectivity index (χ1v) is 14.0. The van der Waals surface area contributed by atoms with Crippen molar-refractivity contribution in [2.24, 2.45) is 0 Å². The molecule has 1 saturated heterocycles. The van der Waals surface area contributed by atoms with Crippen LogP contribution >= 0.6 is 0 Å². The minimum absolute atomic E-state index is 0.0459. The monoisotopic (exact) mass is 560 g/mol. The molecule has 2 heterocycles. The van der Waals surface area contributed by atoms with Gasteiger partial charge in [-0.3, -0.25) is 5.32 Å². The number of amides is 1. The van der Waals surface area contributed by atoms with E-state index in [-0.39, 0.29) is 17.6 Å². The number of nitrogens with one attached hydrogen (secondary N) is 1. The lowest BCUT2D eigenvalue weighted by Gasteiger charge is -2.34. The molecule has 1 amide bonds. The van der Waals surface area contributed by atoms with Crippen molar-refractivity contribution < 1.29 is 31.5 Å². The maximum Gasteiger partial charge on any atom is 0.412 e. The van der Waals surface area contributed by atoms with E-state index in [1.807, 2.05) is 11.8 Å². The van der Waals surface area contributed by atoms with E-state index in [4.69, 9.17) is 9.47 Å². The first kappa shape index (κ1) is 28.4. The quantitative estimate of drug-likeness (QED) is 0.450. The zero-order chi connectivity index (χ0) is 28.4. The maximum absolute atomic E-state index is 14.3. The van der Waals surface area contributed by atoms with Crippen LogP contribution in [0.15, 0.2) is 53.4 Å². The summed E-state index contributed by atoms with van der Waals surface area (Å²) in [4.78, 5) is 22.1. The summed E-state index contributed by atoms with van der Waals surface area (Å²) in [5.41, 5.74) is 0.441. The Kier molecular flexibility index (Phi) is 8.17. The summed E-state index contributed by atoms with van der Waals surface area (Å²) >= 11 is 0. The molecule has 0 saturated carbocycles. The third-order valence-corrected chi connectivity index (χ3v) is 7.47. The average molecular weight is 561 g/mol. The van der Waals surface area contributed by atoms with Gasteiger partial charge in [0.2, 0.25) is 0 Å². The fraction of sp³-hybridized carbons (Fsp3) is 0.370. The first-order chi connectivity index (χ1) is 18.3. The van der Waals surface area contributed by atoms with E-state index in [9.17, 15) is 22.0 Å². The second-order valence-corrected chi connectivity index (χ2v) is 12.1. The highest BCUT2D eigenvalue weighted by Crippen LogP contribution is 2.28. The molecule has 208 valence electrons. The fourth-order valence-electron chi connectivity index (χ4n) is 4.07. The zero-order valence-corrected chi connectivity index (χ0v) is 22.9. The fourth-order valence-corrected chi connectivity index (χ4v) is 5.48. The summed E-state index contributed by atoms with van der Waals surface area (Å²) in [6.07, 6.45) is -0.609. The molecule has 1 N–H and O–H groups in total. The summed E-state index contributed by atoms with van der Waals surface area (Å²) < 4.78 is 65.5.